The highest BCUT2D eigenvalue weighted by atomic mass is 16.5. The van der Waals surface area contributed by atoms with Gasteiger partial charge in [-0.25, -0.2) is 4.79 Å². The number of esters is 2. The molecule has 3 rings (SSSR count). The molecule has 2 aromatic carbocycles. The van der Waals surface area contributed by atoms with E-state index in [1.54, 1.807) is 37.3 Å². The molecular weight excluding hydrogens is 418 g/mol. The van der Waals surface area contributed by atoms with Crippen molar-refractivity contribution in [1.29, 1.82) is 5.26 Å². The molecule has 0 heterocycles. The normalized spacial score (nSPS) is 19.7. The van der Waals surface area contributed by atoms with E-state index in [9.17, 15) is 14.9 Å². The molecule has 0 bridgehead atoms. The number of nitriles is 1. The van der Waals surface area contributed by atoms with Gasteiger partial charge in [0.25, 0.3) is 0 Å². The minimum Gasteiger partial charge on any atom is -0.462 e. The Morgan fingerprint density at radius 3 is 2.48 bits per heavy atom. The molecule has 1 aliphatic rings. The van der Waals surface area contributed by atoms with E-state index >= 15 is 0 Å². The van der Waals surface area contributed by atoms with Gasteiger partial charge in [-0.2, -0.15) is 5.26 Å². The van der Waals surface area contributed by atoms with Gasteiger partial charge >= 0.3 is 11.9 Å². The van der Waals surface area contributed by atoms with Crippen LogP contribution in [0.1, 0.15) is 45.8 Å². The predicted octanol–water partition coefficient (Wildman–Crippen LogP) is 5.76. The minimum atomic E-state index is -1.06. The van der Waals surface area contributed by atoms with Gasteiger partial charge in [0.05, 0.1) is 12.5 Å². The van der Waals surface area contributed by atoms with Crippen LogP contribution in [0.3, 0.4) is 0 Å². The van der Waals surface area contributed by atoms with Crippen molar-refractivity contribution in [2.75, 3.05) is 6.61 Å². The van der Waals surface area contributed by atoms with E-state index in [0.29, 0.717) is 29.2 Å². The average Bonchev–Trinajstić information content (AvgIpc) is 3.35. The summed E-state index contributed by atoms with van der Waals surface area (Å²) in [5.74, 6) is -0.225. The lowest BCUT2D eigenvalue weighted by Gasteiger charge is -2.13. The highest BCUT2D eigenvalue weighted by Gasteiger charge is 2.62. The first-order valence-corrected chi connectivity index (χ1v) is 11.1. The average molecular weight is 448 g/mol. The molecule has 2 aromatic rings. The Hall–Kier alpha value is -3.59. The molecule has 6 nitrogen and oxygen atoms in total. The van der Waals surface area contributed by atoms with Gasteiger partial charge in [0.2, 0.25) is 6.10 Å². The molecule has 33 heavy (non-hydrogen) atoms. The van der Waals surface area contributed by atoms with Crippen LogP contribution >= 0.6 is 0 Å². The molecule has 0 radical (unpaired) electrons. The maximum Gasteiger partial charge on any atom is 0.333 e. The Balaban J connectivity index is 1.68. The molecule has 1 aliphatic carbocycles. The van der Waals surface area contributed by atoms with Crippen molar-refractivity contribution >= 4 is 11.9 Å². The molecule has 0 amide bonds. The molecule has 0 N–H and O–H groups in total. The highest BCUT2D eigenvalue weighted by molar-refractivity contribution is 5.88. The van der Waals surface area contributed by atoms with Crippen molar-refractivity contribution in [1.82, 2.24) is 0 Å². The monoisotopic (exact) mass is 447 g/mol. The number of allylic oxidation sites excluding steroid dienone is 1. The van der Waals surface area contributed by atoms with Crippen LogP contribution in [-0.4, -0.2) is 18.5 Å². The molecule has 3 atom stereocenters. The Labute approximate surface area is 194 Å². The number of carbonyl (C=O) groups excluding carboxylic acids is 2. The van der Waals surface area contributed by atoms with Gasteiger partial charge in [0.1, 0.15) is 17.6 Å². The fourth-order valence-electron chi connectivity index (χ4n) is 3.81. The topological polar surface area (TPSA) is 85.6 Å². The molecule has 172 valence electrons. The molecule has 0 saturated heterocycles. The highest BCUT2D eigenvalue weighted by Crippen LogP contribution is 2.60. The number of carbonyl (C=O) groups is 2. The Bertz CT molecular complexity index is 1070. The number of para-hydroxylation sites is 1. The van der Waals surface area contributed by atoms with Crippen LogP contribution in [0.4, 0.5) is 0 Å². The number of hydrogen-bond acceptors (Lipinski definition) is 6. The zero-order valence-electron chi connectivity index (χ0n) is 19.4. The Morgan fingerprint density at radius 2 is 1.82 bits per heavy atom. The summed E-state index contributed by atoms with van der Waals surface area (Å²) in [4.78, 5) is 25.0. The number of nitrogens with zero attached hydrogens (tertiary/aromatic N) is 1. The second-order valence-corrected chi connectivity index (χ2v) is 8.74. The van der Waals surface area contributed by atoms with Crippen molar-refractivity contribution in [3.8, 4) is 17.6 Å². The molecule has 1 fully saturated rings. The third-order valence-electron chi connectivity index (χ3n) is 5.84. The van der Waals surface area contributed by atoms with E-state index < -0.39 is 18.0 Å². The summed E-state index contributed by atoms with van der Waals surface area (Å²) in [6.45, 7) is 7.86. The summed E-state index contributed by atoms with van der Waals surface area (Å²) in [7, 11) is 0. The molecule has 0 aromatic heterocycles. The Morgan fingerprint density at radius 1 is 1.12 bits per heavy atom. The predicted molar refractivity (Wildman–Crippen MR) is 123 cm³/mol. The van der Waals surface area contributed by atoms with Crippen molar-refractivity contribution in [3.63, 3.8) is 0 Å². The smallest absolute Gasteiger partial charge is 0.333 e. The SMILES string of the molecule is CCCOC(=O)/C(C)=C/C1C(C(=O)OC(C#N)c2cccc(Oc3ccccc3)c2)C1(C)C. The molecule has 3 unspecified atom stereocenters. The van der Waals surface area contributed by atoms with Gasteiger partial charge < -0.3 is 14.2 Å². The van der Waals surface area contributed by atoms with E-state index in [-0.39, 0.29) is 17.3 Å². The lowest BCUT2D eigenvalue weighted by atomic mass is 10.1. The summed E-state index contributed by atoms with van der Waals surface area (Å²) in [5.41, 5.74) is 0.630. The van der Waals surface area contributed by atoms with E-state index in [0.717, 1.165) is 6.42 Å². The number of hydrogen-bond donors (Lipinski definition) is 0. The van der Waals surface area contributed by atoms with Crippen molar-refractivity contribution < 1.29 is 23.8 Å². The first-order valence-electron chi connectivity index (χ1n) is 11.1. The molecule has 1 saturated carbocycles. The summed E-state index contributed by atoms with van der Waals surface area (Å²) in [6.07, 6.45) is 1.46. The molecule has 6 heteroatoms. The van der Waals surface area contributed by atoms with Crippen LogP contribution < -0.4 is 4.74 Å². The maximum atomic E-state index is 12.9. The third-order valence-corrected chi connectivity index (χ3v) is 5.84. The van der Waals surface area contributed by atoms with E-state index in [1.807, 2.05) is 51.1 Å². The quantitative estimate of drug-likeness (QED) is 0.359. The standard InChI is InChI=1S/C27H29NO5/c1-5-14-31-25(29)18(2)15-22-24(27(22,3)4)26(30)33-23(17-28)19-10-9-13-21(16-19)32-20-11-7-6-8-12-20/h6-13,15-16,22-24H,5,14H2,1-4H3/b18-15+. The second-order valence-electron chi connectivity index (χ2n) is 8.74. The molecular formula is C27H29NO5. The van der Waals surface area contributed by atoms with Gasteiger partial charge in [0.15, 0.2) is 0 Å². The summed E-state index contributed by atoms with van der Waals surface area (Å²) >= 11 is 0. The van der Waals surface area contributed by atoms with Crippen molar-refractivity contribution in [2.24, 2.45) is 17.3 Å². The first-order chi connectivity index (χ1) is 15.8. The van der Waals surface area contributed by atoms with Gasteiger partial charge in [-0.05, 0) is 48.9 Å². The largest absolute Gasteiger partial charge is 0.462 e. The zero-order valence-corrected chi connectivity index (χ0v) is 19.4. The second kappa shape index (κ2) is 10.4. The van der Waals surface area contributed by atoms with E-state index in [2.05, 4.69) is 6.07 Å². The van der Waals surface area contributed by atoms with Crippen LogP contribution in [0.15, 0.2) is 66.2 Å². The van der Waals surface area contributed by atoms with E-state index in [1.165, 1.54) is 0 Å². The van der Waals surface area contributed by atoms with Gasteiger partial charge in [-0.15, -0.1) is 0 Å². The van der Waals surface area contributed by atoms with Crippen molar-refractivity contribution in [2.45, 2.75) is 40.2 Å². The fourth-order valence-corrected chi connectivity index (χ4v) is 3.81. The third kappa shape index (κ3) is 5.81. The lowest BCUT2D eigenvalue weighted by molar-refractivity contribution is -0.149. The van der Waals surface area contributed by atoms with Crippen LogP contribution in [0, 0.1) is 28.6 Å². The summed E-state index contributed by atoms with van der Waals surface area (Å²) < 4.78 is 16.6. The number of ether oxygens (including phenoxy) is 3. The van der Waals surface area contributed by atoms with Gasteiger partial charge in [-0.3, -0.25) is 4.79 Å². The van der Waals surface area contributed by atoms with Gasteiger partial charge in [0, 0.05) is 11.1 Å². The lowest BCUT2D eigenvalue weighted by Crippen LogP contribution is -2.14. The van der Waals surface area contributed by atoms with Gasteiger partial charge in [-0.1, -0.05) is 57.2 Å². The fraction of sp³-hybridized carbons (Fsp3) is 0.370. The summed E-state index contributed by atoms with van der Waals surface area (Å²) in [5, 5.41) is 9.67. The number of benzene rings is 2. The van der Waals surface area contributed by atoms with Crippen LogP contribution in [-0.2, 0) is 19.1 Å². The minimum absolute atomic E-state index is 0.161. The maximum absolute atomic E-state index is 12.9. The number of rotatable bonds is 9. The van der Waals surface area contributed by atoms with E-state index in [4.69, 9.17) is 14.2 Å². The molecule has 0 aliphatic heterocycles. The zero-order chi connectivity index (χ0) is 24.0. The van der Waals surface area contributed by atoms with Crippen LogP contribution in [0.5, 0.6) is 11.5 Å². The van der Waals surface area contributed by atoms with Crippen LogP contribution in [0.25, 0.3) is 0 Å². The molecule has 0 spiro atoms. The Kier molecular flexibility index (Phi) is 7.55. The van der Waals surface area contributed by atoms with Crippen LogP contribution in [0.2, 0.25) is 0 Å². The summed E-state index contributed by atoms with van der Waals surface area (Å²) in [6, 6.07) is 18.3. The first kappa shape index (κ1) is 24.1. The van der Waals surface area contributed by atoms with Crippen molar-refractivity contribution in [3.05, 3.63) is 71.8 Å².